The molecule has 1 saturated heterocycles. The molecule has 0 bridgehead atoms. The van der Waals surface area contributed by atoms with Crippen molar-refractivity contribution in [2.75, 3.05) is 26.7 Å². The van der Waals surface area contributed by atoms with Gasteiger partial charge in [0.05, 0.1) is 6.61 Å². The van der Waals surface area contributed by atoms with E-state index in [1.807, 2.05) is 7.05 Å². The summed E-state index contributed by atoms with van der Waals surface area (Å²) in [6.45, 7) is 3.75. The van der Waals surface area contributed by atoms with Crippen LogP contribution in [0.3, 0.4) is 0 Å². The molecule has 1 aliphatic heterocycles. The van der Waals surface area contributed by atoms with Crippen molar-refractivity contribution < 1.29 is 14.3 Å². The van der Waals surface area contributed by atoms with E-state index < -0.39 is 5.97 Å². The third-order valence-electron chi connectivity index (χ3n) is 2.57. The Bertz CT molecular complexity index is 219. The molecule has 0 radical (unpaired) electrons. The van der Waals surface area contributed by atoms with E-state index in [9.17, 15) is 9.59 Å². The summed E-state index contributed by atoms with van der Waals surface area (Å²) < 4.78 is 4.68. The van der Waals surface area contributed by atoms with Crippen molar-refractivity contribution in [1.29, 1.82) is 0 Å². The van der Waals surface area contributed by atoms with Crippen LogP contribution in [0.1, 0.15) is 19.8 Å². The Labute approximate surface area is 84.2 Å². The van der Waals surface area contributed by atoms with E-state index in [2.05, 4.69) is 9.64 Å². The minimum absolute atomic E-state index is 0.120. The Hall–Kier alpha value is -0.900. The Kier molecular flexibility index (Phi) is 4.07. The van der Waals surface area contributed by atoms with Crippen LogP contribution < -0.4 is 0 Å². The molecule has 0 spiro atoms. The molecule has 1 rings (SSSR count). The van der Waals surface area contributed by atoms with Gasteiger partial charge in [0, 0.05) is 5.92 Å². The van der Waals surface area contributed by atoms with Crippen molar-refractivity contribution in [3.63, 3.8) is 0 Å². The summed E-state index contributed by atoms with van der Waals surface area (Å²) in [4.78, 5) is 24.8. The number of rotatable bonds is 3. The number of hydrogen-bond donors (Lipinski definition) is 0. The minimum Gasteiger partial charge on any atom is -0.460 e. The second-order valence-electron chi connectivity index (χ2n) is 3.66. The number of piperidine rings is 1. The molecule has 0 aromatic carbocycles. The maximum atomic E-state index is 11.5. The standard InChI is InChI=1S/C10H17NO3/c1-3-14-10(13)9(12)8-4-6-11(2)7-5-8/h8H,3-7H2,1-2H3. The SMILES string of the molecule is CCOC(=O)C(=O)C1CCN(C)CC1. The number of Topliss-reactive ketones (excluding diaryl/α,β-unsaturated/α-hetero) is 1. The van der Waals surface area contributed by atoms with E-state index in [1.54, 1.807) is 6.92 Å². The van der Waals surface area contributed by atoms with Gasteiger partial charge >= 0.3 is 5.97 Å². The molecule has 4 heteroatoms. The predicted molar refractivity (Wildman–Crippen MR) is 51.9 cm³/mol. The number of carbonyl (C=O) groups is 2. The third kappa shape index (κ3) is 2.80. The summed E-state index contributed by atoms with van der Waals surface area (Å²) in [5.74, 6) is -1.13. The van der Waals surface area contributed by atoms with Crippen LogP contribution in [0.5, 0.6) is 0 Å². The molecule has 1 heterocycles. The van der Waals surface area contributed by atoms with Gasteiger partial charge in [-0.25, -0.2) is 4.79 Å². The molecule has 0 saturated carbocycles. The Morgan fingerprint density at radius 3 is 2.43 bits per heavy atom. The highest BCUT2D eigenvalue weighted by molar-refractivity contribution is 6.34. The van der Waals surface area contributed by atoms with Crippen LogP contribution in [-0.4, -0.2) is 43.4 Å². The molecule has 14 heavy (non-hydrogen) atoms. The van der Waals surface area contributed by atoms with E-state index in [4.69, 9.17) is 0 Å². The molecule has 0 N–H and O–H groups in total. The Morgan fingerprint density at radius 1 is 1.36 bits per heavy atom. The number of esters is 1. The van der Waals surface area contributed by atoms with Crippen molar-refractivity contribution in [2.45, 2.75) is 19.8 Å². The number of ether oxygens (including phenoxy) is 1. The van der Waals surface area contributed by atoms with Gasteiger partial charge < -0.3 is 9.64 Å². The largest absolute Gasteiger partial charge is 0.460 e. The topological polar surface area (TPSA) is 46.6 Å². The first-order valence-electron chi connectivity index (χ1n) is 5.04. The maximum Gasteiger partial charge on any atom is 0.374 e. The first kappa shape index (κ1) is 11.2. The fourth-order valence-electron chi connectivity index (χ4n) is 1.64. The van der Waals surface area contributed by atoms with E-state index >= 15 is 0 Å². The molecule has 0 unspecified atom stereocenters. The normalized spacial score (nSPS) is 19.3. The molecular weight excluding hydrogens is 182 g/mol. The molecule has 0 atom stereocenters. The average molecular weight is 199 g/mol. The summed E-state index contributed by atoms with van der Waals surface area (Å²) in [5.41, 5.74) is 0. The van der Waals surface area contributed by atoms with Crippen molar-refractivity contribution in [1.82, 2.24) is 4.90 Å². The first-order valence-corrected chi connectivity index (χ1v) is 5.04. The molecule has 80 valence electrons. The molecule has 1 fully saturated rings. The van der Waals surface area contributed by atoms with Crippen LogP contribution in [0.25, 0.3) is 0 Å². The van der Waals surface area contributed by atoms with E-state index in [1.165, 1.54) is 0 Å². The quantitative estimate of drug-likeness (QED) is 0.489. The average Bonchev–Trinajstić information content (AvgIpc) is 2.18. The molecular formula is C10H17NO3. The lowest BCUT2D eigenvalue weighted by molar-refractivity contribution is -0.156. The molecule has 0 aliphatic carbocycles. The van der Waals surface area contributed by atoms with Crippen molar-refractivity contribution in [2.24, 2.45) is 5.92 Å². The first-order chi connectivity index (χ1) is 6.65. The highest BCUT2D eigenvalue weighted by Gasteiger charge is 2.28. The summed E-state index contributed by atoms with van der Waals surface area (Å²) >= 11 is 0. The number of hydrogen-bond acceptors (Lipinski definition) is 4. The second-order valence-corrected chi connectivity index (χ2v) is 3.66. The zero-order valence-corrected chi connectivity index (χ0v) is 8.78. The van der Waals surface area contributed by atoms with Gasteiger partial charge in [-0.3, -0.25) is 4.79 Å². The van der Waals surface area contributed by atoms with Crippen LogP contribution in [0.4, 0.5) is 0 Å². The van der Waals surface area contributed by atoms with E-state index in [-0.39, 0.29) is 18.3 Å². The highest BCUT2D eigenvalue weighted by atomic mass is 16.5. The summed E-state index contributed by atoms with van der Waals surface area (Å²) in [7, 11) is 2.02. The van der Waals surface area contributed by atoms with Crippen molar-refractivity contribution in [3.05, 3.63) is 0 Å². The highest BCUT2D eigenvalue weighted by Crippen LogP contribution is 2.17. The Balaban J connectivity index is 2.41. The zero-order chi connectivity index (χ0) is 10.6. The van der Waals surface area contributed by atoms with Crippen LogP contribution in [0.15, 0.2) is 0 Å². The van der Waals surface area contributed by atoms with Crippen LogP contribution >= 0.6 is 0 Å². The minimum atomic E-state index is -0.665. The summed E-state index contributed by atoms with van der Waals surface area (Å²) in [6.07, 6.45) is 1.54. The number of likely N-dealkylation sites (tertiary alicyclic amines) is 1. The van der Waals surface area contributed by atoms with Gasteiger partial charge in [-0.05, 0) is 39.9 Å². The lowest BCUT2D eigenvalue weighted by atomic mass is 9.93. The smallest absolute Gasteiger partial charge is 0.374 e. The van der Waals surface area contributed by atoms with Crippen LogP contribution in [0, 0.1) is 5.92 Å². The van der Waals surface area contributed by atoms with Gasteiger partial charge in [0.2, 0.25) is 5.78 Å². The van der Waals surface area contributed by atoms with Crippen LogP contribution in [0.2, 0.25) is 0 Å². The molecule has 0 amide bonds. The van der Waals surface area contributed by atoms with Gasteiger partial charge in [-0.1, -0.05) is 0 Å². The zero-order valence-electron chi connectivity index (χ0n) is 8.78. The summed E-state index contributed by atoms with van der Waals surface area (Å²) in [5, 5.41) is 0. The number of nitrogens with zero attached hydrogens (tertiary/aromatic N) is 1. The Morgan fingerprint density at radius 2 is 1.93 bits per heavy atom. The molecule has 0 aromatic heterocycles. The van der Waals surface area contributed by atoms with Crippen molar-refractivity contribution in [3.8, 4) is 0 Å². The second kappa shape index (κ2) is 5.10. The van der Waals surface area contributed by atoms with E-state index in [0.29, 0.717) is 0 Å². The van der Waals surface area contributed by atoms with Gasteiger partial charge in [0.25, 0.3) is 0 Å². The fourth-order valence-corrected chi connectivity index (χ4v) is 1.64. The van der Waals surface area contributed by atoms with Gasteiger partial charge in [-0.15, -0.1) is 0 Å². The molecule has 4 nitrogen and oxygen atoms in total. The van der Waals surface area contributed by atoms with Gasteiger partial charge in [0.15, 0.2) is 0 Å². The van der Waals surface area contributed by atoms with Gasteiger partial charge in [-0.2, -0.15) is 0 Å². The monoisotopic (exact) mass is 199 g/mol. The third-order valence-corrected chi connectivity index (χ3v) is 2.57. The van der Waals surface area contributed by atoms with E-state index in [0.717, 1.165) is 25.9 Å². The van der Waals surface area contributed by atoms with Crippen molar-refractivity contribution >= 4 is 11.8 Å². The predicted octanol–water partition coefficient (Wildman–Crippen LogP) is 0.460. The summed E-state index contributed by atoms with van der Waals surface area (Å²) in [6, 6.07) is 0. The van der Waals surface area contributed by atoms with Crippen LogP contribution in [-0.2, 0) is 14.3 Å². The molecule has 1 aliphatic rings. The molecule has 0 aromatic rings. The number of ketones is 1. The lowest BCUT2D eigenvalue weighted by Gasteiger charge is -2.27. The van der Waals surface area contributed by atoms with Gasteiger partial charge in [0.1, 0.15) is 0 Å². The fraction of sp³-hybridized carbons (Fsp3) is 0.800. The lowest BCUT2D eigenvalue weighted by Crippen LogP contribution is -2.36. The number of carbonyl (C=O) groups excluding carboxylic acids is 2. The maximum absolute atomic E-state index is 11.5.